The Morgan fingerprint density at radius 2 is 1.90 bits per heavy atom. The fraction of sp³-hybridized carbons (Fsp3) is 0.667. The van der Waals surface area contributed by atoms with Crippen LogP contribution in [0.25, 0.3) is 0 Å². The van der Waals surface area contributed by atoms with Crippen LogP contribution in [-0.4, -0.2) is 72.3 Å². The minimum atomic E-state index is -0.172. The van der Waals surface area contributed by atoms with Gasteiger partial charge in [0.05, 0.1) is 5.92 Å². The maximum absolute atomic E-state index is 13.1. The monoisotopic (exact) mass is 397 g/mol. The Morgan fingerprint density at radius 1 is 1.10 bits per heavy atom. The molecule has 3 aliphatic heterocycles. The lowest BCUT2D eigenvalue weighted by molar-refractivity contribution is -0.135. The van der Waals surface area contributed by atoms with Crippen LogP contribution >= 0.6 is 0 Å². The predicted octanol–water partition coefficient (Wildman–Crippen LogP) is 2.80. The van der Waals surface area contributed by atoms with Gasteiger partial charge >= 0.3 is 0 Å². The molecule has 3 aliphatic rings. The van der Waals surface area contributed by atoms with Crippen LogP contribution in [-0.2, 0) is 16.0 Å². The lowest BCUT2D eigenvalue weighted by Gasteiger charge is -2.45. The highest BCUT2D eigenvalue weighted by atomic mass is 16.2. The van der Waals surface area contributed by atoms with Crippen LogP contribution in [0.5, 0.6) is 0 Å². The molecular formula is C24H35N3O2. The molecule has 5 heteroatoms. The highest BCUT2D eigenvalue weighted by Gasteiger charge is 2.38. The Hall–Kier alpha value is -1.88. The van der Waals surface area contributed by atoms with Crippen molar-refractivity contribution < 1.29 is 9.59 Å². The third-order valence-corrected chi connectivity index (χ3v) is 7.19. The molecule has 3 heterocycles. The molecule has 3 saturated heterocycles. The average Bonchev–Trinajstić information content (AvgIpc) is 3.13. The van der Waals surface area contributed by atoms with Gasteiger partial charge in [-0.25, -0.2) is 0 Å². The van der Waals surface area contributed by atoms with Crippen molar-refractivity contribution in [2.45, 2.75) is 51.0 Å². The molecule has 29 heavy (non-hydrogen) atoms. The fourth-order valence-electron chi connectivity index (χ4n) is 5.61. The van der Waals surface area contributed by atoms with E-state index in [0.29, 0.717) is 31.5 Å². The lowest BCUT2D eigenvalue weighted by atomic mass is 9.83. The Morgan fingerprint density at radius 3 is 2.72 bits per heavy atom. The Labute approximate surface area is 175 Å². The summed E-state index contributed by atoms with van der Waals surface area (Å²) in [5, 5.41) is 0. The minimum absolute atomic E-state index is 0.129. The molecule has 158 valence electrons. The highest BCUT2D eigenvalue weighted by molar-refractivity contribution is 5.89. The molecule has 3 atom stereocenters. The van der Waals surface area contributed by atoms with Crippen molar-refractivity contribution in [3.63, 3.8) is 0 Å². The molecule has 3 unspecified atom stereocenters. The topological polar surface area (TPSA) is 43.9 Å². The molecule has 1 aromatic rings. The van der Waals surface area contributed by atoms with E-state index >= 15 is 0 Å². The molecule has 0 radical (unpaired) electrons. The molecule has 0 N–H and O–H groups in total. The SMILES string of the molecule is CN(CC1CCCN2CCCCC12)C(=O)C1CC(=O)N(CCc2ccccc2)C1. The van der Waals surface area contributed by atoms with Gasteiger partial charge in [0.1, 0.15) is 0 Å². The normalized spacial score (nSPS) is 27.7. The van der Waals surface area contributed by atoms with Gasteiger partial charge in [-0.15, -0.1) is 0 Å². The first-order chi connectivity index (χ1) is 14.1. The predicted molar refractivity (Wildman–Crippen MR) is 114 cm³/mol. The number of piperidine rings is 2. The van der Waals surface area contributed by atoms with E-state index in [1.54, 1.807) is 0 Å². The van der Waals surface area contributed by atoms with Crippen LogP contribution in [0.2, 0.25) is 0 Å². The van der Waals surface area contributed by atoms with E-state index in [4.69, 9.17) is 0 Å². The fourth-order valence-corrected chi connectivity index (χ4v) is 5.61. The number of fused-ring (bicyclic) bond motifs is 1. The quantitative estimate of drug-likeness (QED) is 0.741. The van der Waals surface area contributed by atoms with Crippen molar-refractivity contribution in [3.8, 4) is 0 Å². The zero-order chi connectivity index (χ0) is 20.2. The van der Waals surface area contributed by atoms with E-state index < -0.39 is 0 Å². The first-order valence-electron chi connectivity index (χ1n) is 11.4. The van der Waals surface area contributed by atoms with Crippen LogP contribution in [0.4, 0.5) is 0 Å². The van der Waals surface area contributed by atoms with E-state index in [1.165, 1.54) is 50.8 Å². The third-order valence-electron chi connectivity index (χ3n) is 7.19. The van der Waals surface area contributed by atoms with Gasteiger partial charge in [0.15, 0.2) is 0 Å². The summed E-state index contributed by atoms with van der Waals surface area (Å²) >= 11 is 0. The zero-order valence-electron chi connectivity index (χ0n) is 17.8. The average molecular weight is 398 g/mol. The summed E-state index contributed by atoms with van der Waals surface area (Å²) in [5.74, 6) is 0.705. The van der Waals surface area contributed by atoms with E-state index in [-0.39, 0.29) is 17.7 Å². The number of likely N-dealkylation sites (tertiary alicyclic amines) is 1. The molecule has 5 nitrogen and oxygen atoms in total. The number of rotatable bonds is 6. The van der Waals surface area contributed by atoms with E-state index in [0.717, 1.165) is 13.0 Å². The number of nitrogens with zero attached hydrogens (tertiary/aromatic N) is 3. The van der Waals surface area contributed by atoms with Gasteiger partial charge in [-0.1, -0.05) is 36.8 Å². The van der Waals surface area contributed by atoms with Crippen molar-refractivity contribution >= 4 is 11.8 Å². The van der Waals surface area contributed by atoms with Crippen molar-refractivity contribution in [2.24, 2.45) is 11.8 Å². The maximum atomic E-state index is 13.1. The number of hydrogen-bond donors (Lipinski definition) is 0. The maximum Gasteiger partial charge on any atom is 0.227 e. The first-order valence-corrected chi connectivity index (χ1v) is 11.4. The number of amides is 2. The van der Waals surface area contributed by atoms with Gasteiger partial charge in [0.25, 0.3) is 0 Å². The molecule has 1 aromatic carbocycles. The minimum Gasteiger partial charge on any atom is -0.345 e. The summed E-state index contributed by atoms with van der Waals surface area (Å²) in [6.45, 7) is 4.58. The van der Waals surface area contributed by atoms with Gasteiger partial charge < -0.3 is 14.7 Å². The van der Waals surface area contributed by atoms with Gasteiger partial charge in [-0.2, -0.15) is 0 Å². The molecule has 3 fully saturated rings. The van der Waals surface area contributed by atoms with Gasteiger partial charge in [0, 0.05) is 39.1 Å². The zero-order valence-corrected chi connectivity index (χ0v) is 17.8. The van der Waals surface area contributed by atoms with Crippen LogP contribution < -0.4 is 0 Å². The number of carbonyl (C=O) groups is 2. The van der Waals surface area contributed by atoms with Crippen LogP contribution in [0.3, 0.4) is 0 Å². The largest absolute Gasteiger partial charge is 0.345 e. The summed E-state index contributed by atoms with van der Waals surface area (Å²) in [6, 6.07) is 10.9. The van der Waals surface area contributed by atoms with E-state index in [2.05, 4.69) is 17.0 Å². The Balaban J connectivity index is 1.29. The first kappa shape index (κ1) is 20.4. The molecule has 0 spiro atoms. The van der Waals surface area contributed by atoms with Crippen LogP contribution in [0.15, 0.2) is 30.3 Å². The lowest BCUT2D eigenvalue weighted by Crippen LogP contribution is -2.51. The summed E-state index contributed by atoms with van der Waals surface area (Å²) < 4.78 is 0. The number of benzene rings is 1. The van der Waals surface area contributed by atoms with Gasteiger partial charge in [-0.3, -0.25) is 9.59 Å². The number of hydrogen-bond acceptors (Lipinski definition) is 3. The Kier molecular flexibility index (Phi) is 6.53. The summed E-state index contributed by atoms with van der Waals surface area (Å²) in [5.41, 5.74) is 1.24. The standard InChI is InChI=1S/C24H35N3O2/c1-25(17-20-10-7-14-26-13-6-5-11-22(20)26)24(29)21-16-23(28)27(18-21)15-12-19-8-3-2-4-9-19/h2-4,8-9,20-22H,5-7,10-18H2,1H3. The molecule has 0 saturated carbocycles. The molecule has 2 amide bonds. The Bertz CT molecular complexity index is 705. The highest BCUT2D eigenvalue weighted by Crippen LogP contribution is 2.31. The van der Waals surface area contributed by atoms with Crippen LogP contribution in [0, 0.1) is 11.8 Å². The van der Waals surface area contributed by atoms with Crippen molar-refractivity contribution in [3.05, 3.63) is 35.9 Å². The second-order valence-corrected chi connectivity index (χ2v) is 9.20. The van der Waals surface area contributed by atoms with Gasteiger partial charge in [-0.05, 0) is 56.7 Å². The molecule has 0 bridgehead atoms. The second-order valence-electron chi connectivity index (χ2n) is 9.20. The smallest absolute Gasteiger partial charge is 0.227 e. The summed E-state index contributed by atoms with van der Waals surface area (Å²) in [6.07, 6.45) is 7.62. The summed E-state index contributed by atoms with van der Waals surface area (Å²) in [4.78, 5) is 32.0. The molecule has 4 rings (SSSR count). The number of carbonyl (C=O) groups excluding carboxylic acids is 2. The molecular weight excluding hydrogens is 362 g/mol. The third kappa shape index (κ3) is 4.82. The van der Waals surface area contributed by atoms with Gasteiger partial charge in [0.2, 0.25) is 11.8 Å². The summed E-state index contributed by atoms with van der Waals surface area (Å²) in [7, 11) is 1.95. The molecule has 0 aliphatic carbocycles. The molecule has 0 aromatic heterocycles. The second kappa shape index (κ2) is 9.29. The van der Waals surface area contributed by atoms with Crippen molar-refractivity contribution in [2.75, 3.05) is 39.8 Å². The van der Waals surface area contributed by atoms with E-state index in [1.807, 2.05) is 35.0 Å². The van der Waals surface area contributed by atoms with Crippen LogP contribution in [0.1, 0.15) is 44.1 Å². The van der Waals surface area contributed by atoms with Crippen molar-refractivity contribution in [1.29, 1.82) is 0 Å². The van der Waals surface area contributed by atoms with E-state index in [9.17, 15) is 9.59 Å². The van der Waals surface area contributed by atoms with Crippen molar-refractivity contribution in [1.82, 2.24) is 14.7 Å².